The van der Waals surface area contributed by atoms with Crippen LogP contribution in [0.4, 0.5) is 0 Å². The van der Waals surface area contributed by atoms with Gasteiger partial charge >= 0.3 is 0 Å². The average Bonchev–Trinajstić information content (AvgIpc) is 3.64. The fourth-order valence-electron chi connectivity index (χ4n) is 7.33. The highest BCUT2D eigenvalue weighted by atomic mass is 16.3. The number of furan rings is 2. The monoisotopic (exact) mass is 560 g/mol. The molecule has 44 heavy (non-hydrogen) atoms. The molecule has 0 saturated carbocycles. The number of para-hydroxylation sites is 1. The first kappa shape index (κ1) is 23.7. The summed E-state index contributed by atoms with van der Waals surface area (Å²) in [6.07, 6.45) is 0. The van der Waals surface area contributed by atoms with Crippen LogP contribution in [0.25, 0.3) is 98.4 Å². The standard InChI is InChI=1S/C42H24O2/c1-2-10-28-25(9-1)19-22-37-42(28)35-21-18-27(24-39(35)44-37)41-33-14-5-3-12-31(33)40(32-13-4-6-15-34(32)41)26-17-20-30-29-11-7-8-16-36(29)43-38(30)23-26/h1-24H. The molecule has 0 aliphatic heterocycles. The molecule has 0 atom stereocenters. The second-order valence-electron chi connectivity index (χ2n) is 11.6. The van der Waals surface area contributed by atoms with Gasteiger partial charge in [-0.05, 0) is 91.0 Å². The number of hydrogen-bond acceptors (Lipinski definition) is 2. The van der Waals surface area contributed by atoms with Crippen LogP contribution in [0.5, 0.6) is 0 Å². The zero-order valence-corrected chi connectivity index (χ0v) is 23.7. The van der Waals surface area contributed by atoms with Crippen LogP contribution in [0.3, 0.4) is 0 Å². The Hall–Kier alpha value is -5.86. The summed E-state index contributed by atoms with van der Waals surface area (Å²) < 4.78 is 12.8. The lowest BCUT2D eigenvalue weighted by molar-refractivity contribution is 0.669. The fraction of sp³-hybridized carbons (Fsp3) is 0. The van der Waals surface area contributed by atoms with Gasteiger partial charge in [-0.25, -0.2) is 0 Å². The van der Waals surface area contributed by atoms with E-state index < -0.39 is 0 Å². The van der Waals surface area contributed by atoms with Crippen molar-refractivity contribution in [1.82, 2.24) is 0 Å². The minimum absolute atomic E-state index is 0.904. The molecule has 0 unspecified atom stereocenters. The Morgan fingerprint density at radius 3 is 1.43 bits per heavy atom. The maximum Gasteiger partial charge on any atom is 0.136 e. The maximum atomic E-state index is 6.50. The van der Waals surface area contributed by atoms with Crippen molar-refractivity contribution in [2.24, 2.45) is 0 Å². The SMILES string of the molecule is c1ccc2c(c1)ccc1oc3cc(-c4c5ccccc5c(-c5ccc6c(c5)oc5ccccc56)c5ccccc45)ccc3c12. The Balaban J connectivity index is 1.26. The van der Waals surface area contributed by atoms with E-state index in [1.165, 1.54) is 48.8 Å². The van der Waals surface area contributed by atoms with Crippen LogP contribution < -0.4 is 0 Å². The van der Waals surface area contributed by atoms with E-state index in [9.17, 15) is 0 Å². The van der Waals surface area contributed by atoms with Crippen LogP contribution in [-0.4, -0.2) is 0 Å². The highest BCUT2D eigenvalue weighted by molar-refractivity contribution is 6.23. The highest BCUT2D eigenvalue weighted by Gasteiger charge is 2.19. The van der Waals surface area contributed by atoms with Crippen molar-refractivity contribution in [3.8, 4) is 22.3 Å². The lowest BCUT2D eigenvalue weighted by Gasteiger charge is -2.17. The molecule has 2 heteroatoms. The zero-order valence-electron chi connectivity index (χ0n) is 23.7. The van der Waals surface area contributed by atoms with Crippen LogP contribution in [-0.2, 0) is 0 Å². The summed E-state index contributed by atoms with van der Waals surface area (Å²) in [7, 11) is 0. The van der Waals surface area contributed by atoms with E-state index in [0.717, 1.165) is 49.6 Å². The van der Waals surface area contributed by atoms with Gasteiger partial charge in [0, 0.05) is 21.5 Å². The van der Waals surface area contributed by atoms with Crippen molar-refractivity contribution >= 4 is 76.2 Å². The molecule has 0 aliphatic rings. The van der Waals surface area contributed by atoms with Gasteiger partial charge in [0.25, 0.3) is 0 Å². The first-order valence-corrected chi connectivity index (χ1v) is 15.0. The molecule has 0 aliphatic carbocycles. The fourth-order valence-corrected chi connectivity index (χ4v) is 7.33. The van der Waals surface area contributed by atoms with Crippen molar-refractivity contribution in [2.45, 2.75) is 0 Å². The first-order valence-electron chi connectivity index (χ1n) is 15.0. The third-order valence-electron chi connectivity index (χ3n) is 9.25. The van der Waals surface area contributed by atoms with E-state index in [0.29, 0.717) is 0 Å². The maximum absolute atomic E-state index is 6.50. The van der Waals surface area contributed by atoms with Gasteiger partial charge in [0.05, 0.1) is 0 Å². The predicted molar refractivity (Wildman–Crippen MR) is 184 cm³/mol. The Kier molecular flexibility index (Phi) is 4.75. The summed E-state index contributed by atoms with van der Waals surface area (Å²) in [6.45, 7) is 0. The molecule has 2 heterocycles. The van der Waals surface area contributed by atoms with E-state index >= 15 is 0 Å². The van der Waals surface area contributed by atoms with Gasteiger partial charge in [0.1, 0.15) is 22.3 Å². The molecule has 0 bridgehead atoms. The van der Waals surface area contributed by atoms with Gasteiger partial charge in [0.2, 0.25) is 0 Å². The zero-order chi connectivity index (χ0) is 28.8. The Bertz CT molecular complexity index is 2720. The van der Waals surface area contributed by atoms with Crippen molar-refractivity contribution < 1.29 is 8.83 Å². The van der Waals surface area contributed by atoms with E-state index in [4.69, 9.17) is 8.83 Å². The number of fused-ring (bicyclic) bond motifs is 10. The van der Waals surface area contributed by atoms with Crippen molar-refractivity contribution in [2.75, 3.05) is 0 Å². The molecule has 2 aromatic heterocycles. The molecule has 2 nitrogen and oxygen atoms in total. The molecule has 0 spiro atoms. The number of benzene rings is 8. The van der Waals surface area contributed by atoms with Crippen molar-refractivity contribution in [3.63, 3.8) is 0 Å². The Morgan fingerprint density at radius 1 is 0.295 bits per heavy atom. The molecule has 0 N–H and O–H groups in total. The third-order valence-corrected chi connectivity index (χ3v) is 9.25. The summed E-state index contributed by atoms with van der Waals surface area (Å²) in [5.41, 5.74) is 8.38. The lowest BCUT2D eigenvalue weighted by atomic mass is 9.85. The summed E-state index contributed by atoms with van der Waals surface area (Å²) >= 11 is 0. The molecule has 0 radical (unpaired) electrons. The van der Waals surface area contributed by atoms with Crippen molar-refractivity contribution in [3.05, 3.63) is 146 Å². The second-order valence-corrected chi connectivity index (χ2v) is 11.6. The van der Waals surface area contributed by atoms with Crippen LogP contribution in [0.15, 0.2) is 154 Å². The van der Waals surface area contributed by atoms with Gasteiger partial charge < -0.3 is 8.83 Å². The molecule has 10 aromatic rings. The van der Waals surface area contributed by atoms with Crippen molar-refractivity contribution in [1.29, 1.82) is 0 Å². The lowest BCUT2D eigenvalue weighted by Crippen LogP contribution is -1.90. The summed E-state index contributed by atoms with van der Waals surface area (Å²) in [4.78, 5) is 0. The molecule has 10 rings (SSSR count). The molecular weight excluding hydrogens is 536 g/mol. The molecule has 0 fully saturated rings. The van der Waals surface area contributed by atoms with Gasteiger partial charge in [-0.3, -0.25) is 0 Å². The number of hydrogen-bond donors (Lipinski definition) is 0. The second kappa shape index (κ2) is 8.82. The highest BCUT2D eigenvalue weighted by Crippen LogP contribution is 2.46. The van der Waals surface area contributed by atoms with Crippen LogP contribution >= 0.6 is 0 Å². The predicted octanol–water partition coefficient (Wildman–Crippen LogP) is 12.3. The van der Waals surface area contributed by atoms with Gasteiger partial charge in [-0.2, -0.15) is 0 Å². The van der Waals surface area contributed by atoms with Crippen LogP contribution in [0.1, 0.15) is 0 Å². The van der Waals surface area contributed by atoms with Crippen LogP contribution in [0, 0.1) is 0 Å². The third kappa shape index (κ3) is 3.25. The van der Waals surface area contributed by atoms with E-state index in [2.05, 4.69) is 133 Å². The van der Waals surface area contributed by atoms with Crippen LogP contribution in [0.2, 0.25) is 0 Å². The minimum atomic E-state index is 0.904. The Labute approximate surface area is 252 Å². The van der Waals surface area contributed by atoms with Gasteiger partial charge in [-0.1, -0.05) is 109 Å². The minimum Gasteiger partial charge on any atom is -0.456 e. The molecule has 8 aromatic carbocycles. The molecule has 204 valence electrons. The normalized spacial score (nSPS) is 12.1. The quantitative estimate of drug-likeness (QED) is 0.197. The average molecular weight is 561 g/mol. The molecular formula is C42H24O2. The summed E-state index contributed by atoms with van der Waals surface area (Å²) in [6, 6.07) is 51.9. The van der Waals surface area contributed by atoms with Gasteiger partial charge in [0.15, 0.2) is 0 Å². The van der Waals surface area contributed by atoms with E-state index in [1.807, 2.05) is 12.1 Å². The topological polar surface area (TPSA) is 26.3 Å². The smallest absolute Gasteiger partial charge is 0.136 e. The molecule has 0 amide bonds. The summed E-state index contributed by atoms with van der Waals surface area (Å²) in [5.74, 6) is 0. The van der Waals surface area contributed by atoms with Gasteiger partial charge in [-0.15, -0.1) is 0 Å². The molecule has 0 saturated heterocycles. The van der Waals surface area contributed by atoms with E-state index in [-0.39, 0.29) is 0 Å². The Morgan fingerprint density at radius 2 is 0.773 bits per heavy atom. The summed E-state index contributed by atoms with van der Waals surface area (Å²) in [5, 5.41) is 11.9. The van der Waals surface area contributed by atoms with E-state index in [1.54, 1.807) is 0 Å². The first-order chi connectivity index (χ1) is 21.8. The largest absolute Gasteiger partial charge is 0.456 e. The number of rotatable bonds is 2.